The topological polar surface area (TPSA) is 84.9 Å². The maximum absolute atomic E-state index is 13.4. The van der Waals surface area contributed by atoms with E-state index in [4.69, 9.17) is 9.47 Å². The minimum absolute atomic E-state index is 0.00423. The molecule has 4 rings (SSSR count). The van der Waals surface area contributed by atoms with E-state index in [-0.39, 0.29) is 28.6 Å². The van der Waals surface area contributed by atoms with Crippen molar-refractivity contribution in [2.45, 2.75) is 49.6 Å². The minimum Gasteiger partial charge on any atom is -0.495 e. The van der Waals surface area contributed by atoms with Gasteiger partial charge in [-0.05, 0) is 68.5 Å². The standard InChI is InChI=1S/C23H28N2O5S/c1-3-30-19-11-6-16(7-12-19)20-5-4-14-25(20)23(26)17-8-13-21(29-2)22(15-17)31(27,28)24-18-9-10-18/h6-8,11-13,15,18,20,24H,3-5,9-10,14H2,1-2H3/t20-/m0/s1. The van der Waals surface area contributed by atoms with Gasteiger partial charge in [-0.15, -0.1) is 0 Å². The van der Waals surface area contributed by atoms with E-state index in [0.717, 1.165) is 37.0 Å². The summed E-state index contributed by atoms with van der Waals surface area (Å²) in [4.78, 5) is 15.2. The highest BCUT2D eigenvalue weighted by Gasteiger charge is 2.33. The van der Waals surface area contributed by atoms with Crippen LogP contribution in [0.5, 0.6) is 11.5 Å². The Balaban J connectivity index is 1.60. The molecular weight excluding hydrogens is 416 g/mol. The van der Waals surface area contributed by atoms with Crippen LogP contribution in [0.4, 0.5) is 0 Å². The second-order valence-corrected chi connectivity index (χ2v) is 9.60. The molecule has 2 aromatic carbocycles. The van der Waals surface area contributed by atoms with Gasteiger partial charge in [-0.25, -0.2) is 13.1 Å². The van der Waals surface area contributed by atoms with Gasteiger partial charge in [-0.1, -0.05) is 12.1 Å². The smallest absolute Gasteiger partial charge is 0.254 e. The molecule has 1 aliphatic heterocycles. The SMILES string of the molecule is CCOc1ccc([C@@H]2CCCN2C(=O)c2ccc(OC)c(S(=O)(=O)NC3CC3)c2)cc1. The van der Waals surface area contributed by atoms with Gasteiger partial charge in [0.05, 0.1) is 19.8 Å². The van der Waals surface area contributed by atoms with Crippen LogP contribution in [0.3, 0.4) is 0 Å². The van der Waals surface area contributed by atoms with Gasteiger partial charge in [-0.2, -0.15) is 0 Å². The molecule has 7 nitrogen and oxygen atoms in total. The number of carbonyl (C=O) groups excluding carboxylic acids is 1. The highest BCUT2D eigenvalue weighted by atomic mass is 32.2. The first-order chi connectivity index (χ1) is 14.9. The van der Waals surface area contributed by atoms with Gasteiger partial charge in [0, 0.05) is 18.2 Å². The first-order valence-electron chi connectivity index (χ1n) is 10.7. The summed E-state index contributed by atoms with van der Waals surface area (Å²) in [5.74, 6) is 0.853. The Bertz CT molecular complexity index is 1050. The molecule has 1 N–H and O–H groups in total. The molecule has 0 radical (unpaired) electrons. The van der Waals surface area contributed by atoms with E-state index in [1.54, 1.807) is 12.1 Å². The third kappa shape index (κ3) is 4.70. The number of sulfonamides is 1. The van der Waals surface area contributed by atoms with Gasteiger partial charge in [-0.3, -0.25) is 4.79 Å². The molecule has 2 aliphatic rings. The molecule has 0 spiro atoms. The van der Waals surface area contributed by atoms with Crippen molar-refractivity contribution in [3.05, 3.63) is 53.6 Å². The van der Waals surface area contributed by atoms with Crippen molar-refractivity contribution in [3.8, 4) is 11.5 Å². The molecule has 1 saturated carbocycles. The molecule has 8 heteroatoms. The molecule has 1 amide bonds. The number of hydrogen-bond donors (Lipinski definition) is 1. The number of nitrogens with one attached hydrogen (secondary N) is 1. The third-order valence-corrected chi connectivity index (χ3v) is 7.23. The molecular formula is C23H28N2O5S. The summed E-state index contributed by atoms with van der Waals surface area (Å²) in [6.07, 6.45) is 3.42. The summed E-state index contributed by atoms with van der Waals surface area (Å²) in [7, 11) is -2.33. The predicted molar refractivity (Wildman–Crippen MR) is 117 cm³/mol. The van der Waals surface area contributed by atoms with Crippen molar-refractivity contribution in [2.24, 2.45) is 0 Å². The molecule has 2 aromatic rings. The zero-order chi connectivity index (χ0) is 22.0. The Morgan fingerprint density at radius 1 is 1.13 bits per heavy atom. The van der Waals surface area contributed by atoms with E-state index < -0.39 is 10.0 Å². The number of benzene rings is 2. The summed E-state index contributed by atoms with van der Waals surface area (Å²) in [5.41, 5.74) is 1.39. The molecule has 166 valence electrons. The molecule has 1 saturated heterocycles. The molecule has 1 atom stereocenters. The van der Waals surface area contributed by atoms with Crippen LogP contribution in [0.25, 0.3) is 0 Å². The number of ether oxygens (including phenoxy) is 2. The van der Waals surface area contributed by atoms with E-state index in [1.165, 1.54) is 13.2 Å². The Kier molecular flexibility index (Phi) is 6.20. The maximum atomic E-state index is 13.4. The van der Waals surface area contributed by atoms with Crippen molar-refractivity contribution in [3.63, 3.8) is 0 Å². The number of carbonyl (C=O) groups is 1. The van der Waals surface area contributed by atoms with Crippen LogP contribution in [0.15, 0.2) is 47.4 Å². The summed E-state index contributed by atoms with van der Waals surface area (Å²) < 4.78 is 39.0. The second-order valence-electron chi connectivity index (χ2n) is 7.92. The van der Waals surface area contributed by atoms with Gasteiger partial charge in [0.1, 0.15) is 16.4 Å². The Morgan fingerprint density at radius 3 is 2.52 bits per heavy atom. The molecule has 2 fully saturated rings. The lowest BCUT2D eigenvalue weighted by molar-refractivity contribution is 0.0735. The minimum atomic E-state index is -3.75. The fourth-order valence-corrected chi connectivity index (χ4v) is 5.48. The Labute approximate surface area is 183 Å². The zero-order valence-corrected chi connectivity index (χ0v) is 18.7. The highest BCUT2D eigenvalue weighted by molar-refractivity contribution is 7.89. The number of methoxy groups -OCH3 is 1. The van der Waals surface area contributed by atoms with Crippen LogP contribution in [0, 0.1) is 0 Å². The molecule has 31 heavy (non-hydrogen) atoms. The first kappa shape index (κ1) is 21.6. The molecule has 1 aliphatic carbocycles. The fourth-order valence-electron chi connectivity index (χ4n) is 3.98. The Morgan fingerprint density at radius 2 is 1.87 bits per heavy atom. The quantitative estimate of drug-likeness (QED) is 0.674. The number of likely N-dealkylation sites (tertiary alicyclic amines) is 1. The summed E-state index contributed by atoms with van der Waals surface area (Å²) in [6, 6.07) is 12.4. The molecule has 0 unspecified atom stereocenters. The van der Waals surface area contributed by atoms with Gasteiger partial charge in [0.15, 0.2) is 0 Å². The van der Waals surface area contributed by atoms with Crippen LogP contribution in [-0.4, -0.2) is 45.5 Å². The van der Waals surface area contributed by atoms with Crippen LogP contribution >= 0.6 is 0 Å². The van der Waals surface area contributed by atoms with Crippen molar-refractivity contribution in [1.82, 2.24) is 9.62 Å². The van der Waals surface area contributed by atoms with Crippen LogP contribution in [0.2, 0.25) is 0 Å². The molecule has 0 bridgehead atoms. The molecule has 1 heterocycles. The fraction of sp³-hybridized carbons (Fsp3) is 0.435. The third-order valence-electron chi connectivity index (χ3n) is 5.69. The lowest BCUT2D eigenvalue weighted by Gasteiger charge is -2.26. The van der Waals surface area contributed by atoms with Crippen molar-refractivity contribution < 1.29 is 22.7 Å². The zero-order valence-electron chi connectivity index (χ0n) is 17.8. The lowest BCUT2D eigenvalue weighted by Crippen LogP contribution is -2.31. The highest BCUT2D eigenvalue weighted by Crippen LogP contribution is 2.35. The van der Waals surface area contributed by atoms with Gasteiger partial charge in [0.2, 0.25) is 10.0 Å². The number of nitrogens with zero attached hydrogens (tertiary/aromatic N) is 1. The van der Waals surface area contributed by atoms with E-state index in [1.807, 2.05) is 36.1 Å². The van der Waals surface area contributed by atoms with E-state index in [9.17, 15) is 13.2 Å². The first-order valence-corrected chi connectivity index (χ1v) is 12.2. The molecule has 0 aromatic heterocycles. The number of hydrogen-bond acceptors (Lipinski definition) is 5. The predicted octanol–water partition coefficient (Wildman–Crippen LogP) is 3.51. The largest absolute Gasteiger partial charge is 0.495 e. The lowest BCUT2D eigenvalue weighted by atomic mass is 10.0. The average Bonchev–Trinajstić information content (AvgIpc) is 3.44. The van der Waals surface area contributed by atoms with Crippen molar-refractivity contribution >= 4 is 15.9 Å². The van der Waals surface area contributed by atoms with E-state index in [2.05, 4.69) is 4.72 Å². The second kappa shape index (κ2) is 8.88. The van der Waals surface area contributed by atoms with Gasteiger partial charge in [0.25, 0.3) is 5.91 Å². The van der Waals surface area contributed by atoms with E-state index in [0.29, 0.717) is 18.7 Å². The van der Waals surface area contributed by atoms with Gasteiger partial charge < -0.3 is 14.4 Å². The maximum Gasteiger partial charge on any atom is 0.254 e. The van der Waals surface area contributed by atoms with Crippen LogP contribution in [-0.2, 0) is 10.0 Å². The van der Waals surface area contributed by atoms with E-state index >= 15 is 0 Å². The van der Waals surface area contributed by atoms with Crippen LogP contribution in [0.1, 0.15) is 54.6 Å². The van der Waals surface area contributed by atoms with Crippen molar-refractivity contribution in [1.29, 1.82) is 0 Å². The summed E-state index contributed by atoms with van der Waals surface area (Å²) in [6.45, 7) is 3.17. The number of amides is 1. The normalized spacial score (nSPS) is 18.8. The number of rotatable bonds is 8. The average molecular weight is 445 g/mol. The summed E-state index contributed by atoms with van der Waals surface area (Å²) >= 11 is 0. The Hall–Kier alpha value is -2.58. The van der Waals surface area contributed by atoms with Gasteiger partial charge >= 0.3 is 0 Å². The van der Waals surface area contributed by atoms with Crippen LogP contribution < -0.4 is 14.2 Å². The summed E-state index contributed by atoms with van der Waals surface area (Å²) in [5, 5.41) is 0. The van der Waals surface area contributed by atoms with Crippen molar-refractivity contribution in [2.75, 3.05) is 20.3 Å². The monoisotopic (exact) mass is 444 g/mol.